The molecule has 1 aliphatic carbocycles. The van der Waals surface area contributed by atoms with Gasteiger partial charge < -0.3 is 16.0 Å². The minimum Gasteiger partial charge on any atom is -0.340 e. The van der Waals surface area contributed by atoms with E-state index in [9.17, 15) is 9.59 Å². The van der Waals surface area contributed by atoms with Crippen LogP contribution in [-0.2, 0) is 4.79 Å². The number of fused-ring (bicyclic) bond motifs is 1. The molecule has 2 amide bonds. The second-order valence-electron chi connectivity index (χ2n) is 8.07. The summed E-state index contributed by atoms with van der Waals surface area (Å²) in [5.74, 6) is 1.00. The van der Waals surface area contributed by atoms with Crippen molar-refractivity contribution >= 4 is 23.4 Å². The maximum Gasteiger partial charge on any atom is 0.251 e. The van der Waals surface area contributed by atoms with E-state index >= 15 is 0 Å². The van der Waals surface area contributed by atoms with Gasteiger partial charge in [0.1, 0.15) is 6.04 Å². The summed E-state index contributed by atoms with van der Waals surface area (Å²) >= 11 is 5.88. The minimum atomic E-state index is -0.506. The Morgan fingerprint density at radius 3 is 2.54 bits per heavy atom. The van der Waals surface area contributed by atoms with Crippen molar-refractivity contribution in [3.63, 3.8) is 0 Å². The van der Waals surface area contributed by atoms with Crippen LogP contribution in [-0.4, -0.2) is 41.9 Å². The molecule has 0 aromatic heterocycles. The van der Waals surface area contributed by atoms with Gasteiger partial charge in [0.05, 0.1) is 0 Å². The molecule has 1 saturated heterocycles. The molecule has 1 aliphatic heterocycles. The third-order valence-corrected chi connectivity index (χ3v) is 5.89. The van der Waals surface area contributed by atoms with Crippen LogP contribution in [0.2, 0.25) is 5.02 Å². The van der Waals surface area contributed by atoms with Crippen molar-refractivity contribution in [3.05, 3.63) is 34.9 Å². The molecule has 2 aliphatic rings. The summed E-state index contributed by atoms with van der Waals surface area (Å²) in [6, 6.07) is 6.40. The van der Waals surface area contributed by atoms with E-state index in [2.05, 4.69) is 19.2 Å². The van der Waals surface area contributed by atoms with E-state index in [0.717, 1.165) is 25.9 Å². The van der Waals surface area contributed by atoms with Crippen LogP contribution in [0.1, 0.15) is 43.5 Å². The van der Waals surface area contributed by atoms with E-state index in [1.807, 2.05) is 4.90 Å². The van der Waals surface area contributed by atoms with Crippen molar-refractivity contribution in [3.8, 4) is 0 Å². The molecule has 2 fully saturated rings. The summed E-state index contributed by atoms with van der Waals surface area (Å²) in [6.07, 6.45) is 2.78. The monoisotopic (exact) mass is 377 g/mol. The highest BCUT2D eigenvalue weighted by molar-refractivity contribution is 6.30. The van der Waals surface area contributed by atoms with Crippen LogP contribution in [0.15, 0.2) is 24.3 Å². The lowest BCUT2D eigenvalue weighted by atomic mass is 9.98. The number of hydrogen-bond donors (Lipinski definition) is 2. The maximum atomic E-state index is 13.1. The van der Waals surface area contributed by atoms with Gasteiger partial charge in [-0.1, -0.05) is 25.4 Å². The number of halogens is 1. The van der Waals surface area contributed by atoms with Crippen molar-refractivity contribution in [1.82, 2.24) is 10.2 Å². The lowest BCUT2D eigenvalue weighted by molar-refractivity contribution is -0.133. The lowest BCUT2D eigenvalue weighted by Gasteiger charge is -2.26. The zero-order valence-corrected chi connectivity index (χ0v) is 16.2. The first kappa shape index (κ1) is 19.2. The van der Waals surface area contributed by atoms with E-state index in [4.69, 9.17) is 17.3 Å². The van der Waals surface area contributed by atoms with Gasteiger partial charge in [0, 0.05) is 29.7 Å². The van der Waals surface area contributed by atoms with Gasteiger partial charge in [0.15, 0.2) is 0 Å². The Balaban J connectivity index is 1.68. The van der Waals surface area contributed by atoms with Crippen molar-refractivity contribution < 1.29 is 9.59 Å². The highest BCUT2D eigenvalue weighted by Crippen LogP contribution is 2.37. The van der Waals surface area contributed by atoms with E-state index in [1.54, 1.807) is 24.3 Å². The van der Waals surface area contributed by atoms with E-state index in [1.165, 1.54) is 0 Å². The average Bonchev–Trinajstić information content (AvgIpc) is 3.16. The predicted octanol–water partition coefficient (Wildman–Crippen LogP) is 2.68. The molecule has 0 spiro atoms. The highest BCUT2D eigenvalue weighted by Gasteiger charge is 2.43. The molecule has 3 N–H and O–H groups in total. The largest absolute Gasteiger partial charge is 0.340 e. The number of nitrogens with one attached hydrogen (secondary N) is 1. The van der Waals surface area contributed by atoms with Gasteiger partial charge in [-0.3, -0.25) is 9.59 Å². The van der Waals surface area contributed by atoms with Gasteiger partial charge >= 0.3 is 0 Å². The molecule has 0 radical (unpaired) electrons. The van der Waals surface area contributed by atoms with Crippen LogP contribution >= 0.6 is 11.6 Å². The van der Waals surface area contributed by atoms with Crippen molar-refractivity contribution in [2.75, 3.05) is 13.1 Å². The molecule has 1 aromatic carbocycles. The fourth-order valence-electron chi connectivity index (χ4n) is 4.24. The Labute approximate surface area is 160 Å². The summed E-state index contributed by atoms with van der Waals surface area (Å²) in [7, 11) is 0. The van der Waals surface area contributed by atoms with E-state index in [-0.39, 0.29) is 17.9 Å². The number of likely N-dealkylation sites (tertiary alicyclic amines) is 1. The fourth-order valence-corrected chi connectivity index (χ4v) is 4.37. The van der Waals surface area contributed by atoms with Gasteiger partial charge in [0.25, 0.3) is 5.91 Å². The van der Waals surface area contributed by atoms with Gasteiger partial charge in [-0.15, -0.1) is 0 Å². The van der Waals surface area contributed by atoms with Gasteiger partial charge in [-0.05, 0) is 61.3 Å². The van der Waals surface area contributed by atoms with Crippen LogP contribution in [0.4, 0.5) is 0 Å². The summed E-state index contributed by atoms with van der Waals surface area (Å²) in [5, 5.41) is 3.51. The predicted molar refractivity (Wildman–Crippen MR) is 103 cm³/mol. The molecule has 26 heavy (non-hydrogen) atoms. The molecule has 1 aromatic rings. The van der Waals surface area contributed by atoms with Crippen LogP contribution < -0.4 is 11.1 Å². The fraction of sp³-hybridized carbons (Fsp3) is 0.600. The van der Waals surface area contributed by atoms with Crippen molar-refractivity contribution in [2.45, 2.75) is 45.2 Å². The second kappa shape index (κ2) is 7.97. The van der Waals surface area contributed by atoms with Gasteiger partial charge in [-0.2, -0.15) is 0 Å². The van der Waals surface area contributed by atoms with Crippen molar-refractivity contribution in [2.24, 2.45) is 23.5 Å². The first-order valence-electron chi connectivity index (χ1n) is 9.46. The Morgan fingerprint density at radius 2 is 1.92 bits per heavy atom. The summed E-state index contributed by atoms with van der Waals surface area (Å²) in [5.41, 5.74) is 6.70. The van der Waals surface area contributed by atoms with E-state index < -0.39 is 6.04 Å². The average molecular weight is 378 g/mol. The number of amides is 2. The molecule has 0 bridgehead atoms. The summed E-state index contributed by atoms with van der Waals surface area (Å²) in [6.45, 7) is 5.60. The lowest BCUT2D eigenvalue weighted by Crippen LogP contribution is -2.49. The number of nitrogens with zero attached hydrogens (tertiary/aromatic N) is 1. The maximum absolute atomic E-state index is 13.1. The number of benzene rings is 1. The molecular weight excluding hydrogens is 350 g/mol. The first-order chi connectivity index (χ1) is 12.3. The standard InChI is InChI=1S/C20H28ClN3O2/c1-12(2)9-18(23-19(25)13-3-6-15(21)7-4-13)20(26)24-10-14-5-8-17(22)16(14)11-24/h3-4,6-7,12,14,16-18H,5,8-11,22H2,1-2H3,(H,23,25). The van der Waals surface area contributed by atoms with Crippen LogP contribution in [0.25, 0.3) is 0 Å². The number of carbonyl (C=O) groups is 2. The summed E-state index contributed by atoms with van der Waals surface area (Å²) in [4.78, 5) is 27.6. The SMILES string of the molecule is CC(C)CC(NC(=O)c1ccc(Cl)cc1)C(=O)N1CC2CCC(N)C2C1. The topological polar surface area (TPSA) is 75.4 Å². The first-order valence-corrected chi connectivity index (χ1v) is 9.83. The van der Waals surface area contributed by atoms with Gasteiger partial charge in [-0.25, -0.2) is 0 Å². The van der Waals surface area contributed by atoms with Crippen molar-refractivity contribution in [1.29, 1.82) is 0 Å². The quantitative estimate of drug-likeness (QED) is 0.828. The summed E-state index contributed by atoms with van der Waals surface area (Å²) < 4.78 is 0. The molecule has 1 saturated carbocycles. The third kappa shape index (κ3) is 4.21. The number of nitrogens with two attached hydrogens (primary N) is 1. The molecular formula is C20H28ClN3O2. The molecule has 3 rings (SSSR count). The number of carbonyl (C=O) groups excluding carboxylic acids is 2. The molecule has 4 atom stereocenters. The molecule has 142 valence electrons. The Bertz CT molecular complexity index is 662. The number of hydrogen-bond acceptors (Lipinski definition) is 3. The smallest absolute Gasteiger partial charge is 0.251 e. The highest BCUT2D eigenvalue weighted by atomic mass is 35.5. The second-order valence-corrected chi connectivity index (χ2v) is 8.51. The zero-order chi connectivity index (χ0) is 18.8. The van der Waals surface area contributed by atoms with Crippen LogP contribution in [0.5, 0.6) is 0 Å². The Hall–Kier alpha value is -1.59. The molecule has 6 heteroatoms. The van der Waals surface area contributed by atoms with E-state index in [0.29, 0.717) is 34.8 Å². The molecule has 5 nitrogen and oxygen atoms in total. The zero-order valence-electron chi connectivity index (χ0n) is 15.5. The Morgan fingerprint density at radius 1 is 1.23 bits per heavy atom. The van der Waals surface area contributed by atoms with Gasteiger partial charge in [0.2, 0.25) is 5.91 Å². The molecule has 4 unspecified atom stereocenters. The van der Waals surface area contributed by atoms with Crippen LogP contribution in [0, 0.1) is 17.8 Å². The number of rotatable bonds is 5. The third-order valence-electron chi connectivity index (χ3n) is 5.64. The van der Waals surface area contributed by atoms with Crippen LogP contribution in [0.3, 0.4) is 0 Å². The Kier molecular flexibility index (Phi) is 5.88. The normalized spacial score (nSPS) is 26.0. The molecule has 1 heterocycles. The minimum absolute atomic E-state index is 0.0163.